The molecule has 2 rings (SSSR count). The number of benzene rings is 1. The summed E-state index contributed by atoms with van der Waals surface area (Å²) in [5.74, 6) is 2.03. The Bertz CT molecular complexity index is 523. The lowest BCUT2D eigenvalue weighted by molar-refractivity contribution is 0.207. The van der Waals surface area contributed by atoms with Crippen LogP contribution in [0.15, 0.2) is 35.8 Å². The average molecular weight is 303 g/mol. The van der Waals surface area contributed by atoms with Crippen LogP contribution in [0.3, 0.4) is 0 Å². The number of guanidine groups is 1. The highest BCUT2D eigenvalue weighted by Gasteiger charge is 2.18. The molecule has 0 aromatic heterocycles. The summed E-state index contributed by atoms with van der Waals surface area (Å²) >= 11 is 0. The summed E-state index contributed by atoms with van der Waals surface area (Å²) in [6.07, 6.45) is 6.74. The van der Waals surface area contributed by atoms with Gasteiger partial charge in [-0.25, -0.2) is 4.99 Å². The Morgan fingerprint density at radius 2 is 2.23 bits per heavy atom. The van der Waals surface area contributed by atoms with Crippen LogP contribution < -0.4 is 20.5 Å². The van der Waals surface area contributed by atoms with Gasteiger partial charge in [0.1, 0.15) is 11.5 Å². The number of nitrogens with one attached hydrogen (secondary N) is 1. The first-order valence-electron chi connectivity index (χ1n) is 7.71. The summed E-state index contributed by atoms with van der Waals surface area (Å²) in [7, 11) is 1.66. The van der Waals surface area contributed by atoms with Crippen molar-refractivity contribution in [3.63, 3.8) is 0 Å². The molecular weight excluding hydrogens is 278 g/mol. The monoisotopic (exact) mass is 303 g/mol. The molecule has 0 amide bonds. The van der Waals surface area contributed by atoms with Crippen LogP contribution in [0.25, 0.3) is 0 Å². The second-order valence-corrected chi connectivity index (χ2v) is 5.37. The van der Waals surface area contributed by atoms with E-state index in [1.165, 1.54) is 12.8 Å². The molecule has 5 heteroatoms. The molecule has 0 unspecified atom stereocenters. The van der Waals surface area contributed by atoms with Crippen LogP contribution in [0.5, 0.6) is 11.5 Å². The van der Waals surface area contributed by atoms with Gasteiger partial charge >= 0.3 is 0 Å². The standard InChI is InChI=1S/C17H25N3O2/c1-3-10-19-17(18)20-12-13-8-9-15(21-2)11-16(13)22-14-6-4-5-7-14/h3,8-9,11,14H,1,4-7,10,12H2,2H3,(H3,18,19,20). The first-order chi connectivity index (χ1) is 10.7. The van der Waals surface area contributed by atoms with Crippen LogP contribution in [-0.2, 0) is 6.54 Å². The highest BCUT2D eigenvalue weighted by atomic mass is 16.5. The number of rotatable bonds is 7. The maximum atomic E-state index is 6.14. The molecular formula is C17H25N3O2. The number of ether oxygens (including phenoxy) is 2. The molecule has 1 fully saturated rings. The zero-order chi connectivity index (χ0) is 15.8. The lowest BCUT2D eigenvalue weighted by Crippen LogP contribution is -2.31. The third-order valence-electron chi connectivity index (χ3n) is 3.72. The van der Waals surface area contributed by atoms with E-state index in [0.717, 1.165) is 29.9 Å². The Morgan fingerprint density at radius 1 is 1.45 bits per heavy atom. The van der Waals surface area contributed by atoms with E-state index >= 15 is 0 Å². The summed E-state index contributed by atoms with van der Waals surface area (Å²) in [6, 6.07) is 5.82. The molecule has 0 radical (unpaired) electrons. The molecule has 0 aliphatic heterocycles. The Hall–Kier alpha value is -2.17. The Morgan fingerprint density at radius 3 is 2.91 bits per heavy atom. The van der Waals surface area contributed by atoms with Gasteiger partial charge in [-0.2, -0.15) is 0 Å². The molecule has 1 aromatic rings. The van der Waals surface area contributed by atoms with E-state index in [2.05, 4.69) is 16.9 Å². The van der Waals surface area contributed by atoms with Crippen LogP contribution in [0, 0.1) is 0 Å². The summed E-state index contributed by atoms with van der Waals surface area (Å²) in [5.41, 5.74) is 6.81. The molecule has 1 aromatic carbocycles. The molecule has 0 bridgehead atoms. The predicted molar refractivity (Wildman–Crippen MR) is 89.4 cm³/mol. The zero-order valence-electron chi connectivity index (χ0n) is 13.2. The third kappa shape index (κ3) is 4.69. The smallest absolute Gasteiger partial charge is 0.189 e. The number of hydrogen-bond acceptors (Lipinski definition) is 3. The van der Waals surface area contributed by atoms with Gasteiger partial charge in [-0.15, -0.1) is 6.58 Å². The van der Waals surface area contributed by atoms with E-state index in [9.17, 15) is 0 Å². The number of nitrogens with two attached hydrogens (primary N) is 1. The minimum atomic E-state index is 0.297. The summed E-state index contributed by atoms with van der Waals surface area (Å²) in [6.45, 7) is 4.71. The summed E-state index contributed by atoms with van der Waals surface area (Å²) < 4.78 is 11.4. The average Bonchev–Trinajstić information content (AvgIpc) is 3.04. The Labute approximate surface area is 132 Å². The first-order valence-corrected chi connectivity index (χ1v) is 7.71. The van der Waals surface area contributed by atoms with Gasteiger partial charge in [0.2, 0.25) is 0 Å². The van der Waals surface area contributed by atoms with Crippen LogP contribution in [0.1, 0.15) is 31.2 Å². The van der Waals surface area contributed by atoms with Crippen molar-refractivity contribution in [3.05, 3.63) is 36.4 Å². The van der Waals surface area contributed by atoms with Gasteiger partial charge in [0.15, 0.2) is 5.96 Å². The van der Waals surface area contributed by atoms with Crippen molar-refractivity contribution in [1.82, 2.24) is 5.32 Å². The van der Waals surface area contributed by atoms with Gasteiger partial charge < -0.3 is 20.5 Å². The minimum Gasteiger partial charge on any atom is -0.497 e. The number of methoxy groups -OCH3 is 1. The van der Waals surface area contributed by atoms with Crippen molar-refractivity contribution >= 4 is 5.96 Å². The molecule has 0 spiro atoms. The molecule has 0 heterocycles. The SMILES string of the molecule is C=CCNC(N)=NCc1ccc(OC)cc1OC1CCCC1. The third-order valence-corrected chi connectivity index (χ3v) is 3.72. The quantitative estimate of drug-likeness (QED) is 0.461. The normalized spacial score (nSPS) is 15.6. The highest BCUT2D eigenvalue weighted by molar-refractivity contribution is 5.77. The topological polar surface area (TPSA) is 68.9 Å². The summed E-state index contributed by atoms with van der Waals surface area (Å²) in [5, 5.41) is 2.96. The second kappa shape index (κ2) is 8.32. The lowest BCUT2D eigenvalue weighted by atomic mass is 10.2. The predicted octanol–water partition coefficient (Wildman–Crippen LogP) is 2.61. The molecule has 1 aliphatic rings. The molecule has 1 aliphatic carbocycles. The molecule has 5 nitrogen and oxygen atoms in total. The van der Waals surface area contributed by atoms with Crippen molar-refractivity contribution in [1.29, 1.82) is 0 Å². The van der Waals surface area contributed by atoms with E-state index in [1.807, 2.05) is 18.2 Å². The van der Waals surface area contributed by atoms with Crippen molar-refractivity contribution in [2.24, 2.45) is 10.7 Å². The number of hydrogen-bond donors (Lipinski definition) is 2. The van der Waals surface area contributed by atoms with Crippen LogP contribution in [0.4, 0.5) is 0 Å². The van der Waals surface area contributed by atoms with Gasteiger partial charge in [0.05, 0.1) is 19.8 Å². The van der Waals surface area contributed by atoms with Crippen molar-refractivity contribution < 1.29 is 9.47 Å². The largest absolute Gasteiger partial charge is 0.497 e. The fourth-order valence-corrected chi connectivity index (χ4v) is 2.49. The Kier molecular flexibility index (Phi) is 6.13. The van der Waals surface area contributed by atoms with Gasteiger partial charge in [0, 0.05) is 18.2 Å². The van der Waals surface area contributed by atoms with Gasteiger partial charge in [-0.05, 0) is 37.8 Å². The zero-order valence-corrected chi connectivity index (χ0v) is 13.2. The maximum absolute atomic E-state index is 6.14. The molecule has 0 atom stereocenters. The summed E-state index contributed by atoms with van der Waals surface area (Å²) in [4.78, 5) is 4.34. The van der Waals surface area contributed by atoms with Crippen molar-refractivity contribution in [3.8, 4) is 11.5 Å². The van der Waals surface area contributed by atoms with Crippen LogP contribution in [0.2, 0.25) is 0 Å². The highest BCUT2D eigenvalue weighted by Crippen LogP contribution is 2.30. The maximum Gasteiger partial charge on any atom is 0.189 e. The van der Waals surface area contributed by atoms with Crippen LogP contribution in [-0.4, -0.2) is 25.7 Å². The van der Waals surface area contributed by atoms with Gasteiger partial charge in [-0.3, -0.25) is 0 Å². The van der Waals surface area contributed by atoms with E-state index in [-0.39, 0.29) is 0 Å². The van der Waals surface area contributed by atoms with E-state index in [1.54, 1.807) is 13.2 Å². The van der Waals surface area contributed by atoms with E-state index in [4.69, 9.17) is 15.2 Å². The fourth-order valence-electron chi connectivity index (χ4n) is 2.49. The number of nitrogens with zero attached hydrogens (tertiary/aromatic N) is 1. The van der Waals surface area contributed by atoms with Gasteiger partial charge in [-0.1, -0.05) is 6.08 Å². The molecule has 120 valence electrons. The fraction of sp³-hybridized carbons (Fsp3) is 0.471. The minimum absolute atomic E-state index is 0.297. The van der Waals surface area contributed by atoms with Crippen molar-refractivity contribution in [2.45, 2.75) is 38.3 Å². The van der Waals surface area contributed by atoms with E-state index in [0.29, 0.717) is 25.2 Å². The second-order valence-electron chi connectivity index (χ2n) is 5.37. The molecule has 0 saturated heterocycles. The van der Waals surface area contributed by atoms with Crippen LogP contribution >= 0.6 is 0 Å². The Balaban J connectivity index is 2.09. The lowest BCUT2D eigenvalue weighted by Gasteiger charge is -2.17. The molecule has 1 saturated carbocycles. The van der Waals surface area contributed by atoms with Crippen molar-refractivity contribution in [2.75, 3.05) is 13.7 Å². The molecule has 22 heavy (non-hydrogen) atoms. The number of aliphatic imine (C=N–C) groups is 1. The first kappa shape index (κ1) is 16.2. The van der Waals surface area contributed by atoms with Gasteiger partial charge in [0.25, 0.3) is 0 Å². The molecule has 3 N–H and O–H groups in total. The van der Waals surface area contributed by atoms with E-state index < -0.39 is 0 Å².